The van der Waals surface area contributed by atoms with Crippen molar-refractivity contribution in [1.82, 2.24) is 23.7 Å². The Morgan fingerprint density at radius 2 is 2.11 bits per heavy atom. The number of aryl methyl sites for hydroxylation is 1. The second-order valence-corrected chi connectivity index (χ2v) is 8.45. The van der Waals surface area contributed by atoms with Gasteiger partial charge in [0.25, 0.3) is 5.56 Å². The second kappa shape index (κ2) is 10.1. The number of pyridine rings is 1. The minimum absolute atomic E-state index is 0.00114. The number of carbonyl (C=O) groups excluding carboxylic acids is 1. The number of imidazole rings is 1. The van der Waals surface area contributed by atoms with Crippen molar-refractivity contribution < 1.29 is 9.53 Å². The summed E-state index contributed by atoms with van der Waals surface area (Å²) in [6, 6.07) is 3.29. The van der Waals surface area contributed by atoms with Crippen LogP contribution in [0.5, 0.6) is 0 Å². The Balaban J connectivity index is 1.93. The zero-order valence-electron chi connectivity index (χ0n) is 19.7. The van der Waals surface area contributed by atoms with Crippen molar-refractivity contribution in [2.24, 2.45) is 5.73 Å². The van der Waals surface area contributed by atoms with Gasteiger partial charge in [-0.3, -0.25) is 23.7 Å². The van der Waals surface area contributed by atoms with Gasteiger partial charge in [0, 0.05) is 31.9 Å². The summed E-state index contributed by atoms with van der Waals surface area (Å²) in [6.45, 7) is 6.58. The molecule has 35 heavy (non-hydrogen) atoms. The van der Waals surface area contributed by atoms with Gasteiger partial charge >= 0.3 is 11.7 Å². The van der Waals surface area contributed by atoms with E-state index in [1.165, 1.54) is 16.8 Å². The fourth-order valence-corrected chi connectivity index (χ4v) is 4.35. The Hall–Kier alpha value is -3.93. The molecule has 4 rings (SSSR count). The van der Waals surface area contributed by atoms with Crippen molar-refractivity contribution in [3.8, 4) is 0 Å². The van der Waals surface area contributed by atoms with Gasteiger partial charge in [0.1, 0.15) is 13.2 Å². The van der Waals surface area contributed by atoms with E-state index in [4.69, 9.17) is 16.2 Å². The minimum atomic E-state index is -0.703. The smallest absolute Gasteiger partial charge is 0.333 e. The normalized spacial score (nSPS) is 15.9. The summed E-state index contributed by atoms with van der Waals surface area (Å²) < 4.78 is 9.06. The van der Waals surface area contributed by atoms with Gasteiger partial charge in [-0.15, -0.1) is 0 Å². The standard InChI is InChI=1S/C23H30N8O4/c1-3-11-35-18(32)14-30-20-19(29(4-2)22(27-20)28-10-6-7-15(24)12-28)21(33)31(23(30)34)13-17-16(25)8-5-9-26-17/h3,5,8-9,15H,1,4,6-7,10-14,24-25H2,2H3. The first-order chi connectivity index (χ1) is 16.8. The summed E-state index contributed by atoms with van der Waals surface area (Å²) in [5, 5.41) is 0. The van der Waals surface area contributed by atoms with Crippen LogP contribution in [0.4, 0.5) is 11.6 Å². The first-order valence-electron chi connectivity index (χ1n) is 11.6. The second-order valence-electron chi connectivity index (χ2n) is 8.45. The molecule has 0 bridgehead atoms. The Labute approximate surface area is 201 Å². The largest absolute Gasteiger partial charge is 0.460 e. The molecule has 1 unspecified atom stereocenters. The van der Waals surface area contributed by atoms with Gasteiger partial charge in [-0.1, -0.05) is 12.7 Å². The Morgan fingerprint density at radius 1 is 1.31 bits per heavy atom. The summed E-state index contributed by atoms with van der Waals surface area (Å²) in [7, 11) is 0. The number of fused-ring (bicyclic) bond motifs is 1. The number of nitrogens with zero attached hydrogens (tertiary/aromatic N) is 6. The molecule has 1 aliphatic rings. The number of nitrogen functional groups attached to an aromatic ring is 1. The van der Waals surface area contributed by atoms with Crippen LogP contribution in [-0.2, 0) is 29.2 Å². The highest BCUT2D eigenvalue weighted by molar-refractivity contribution is 5.77. The van der Waals surface area contributed by atoms with E-state index in [2.05, 4.69) is 16.5 Å². The summed E-state index contributed by atoms with van der Waals surface area (Å²) >= 11 is 0. The lowest BCUT2D eigenvalue weighted by molar-refractivity contribution is -0.143. The Kier molecular flexibility index (Phi) is 7.01. The molecule has 0 spiro atoms. The quantitative estimate of drug-likeness (QED) is 0.335. The number of rotatable bonds is 8. The van der Waals surface area contributed by atoms with E-state index >= 15 is 0 Å². The van der Waals surface area contributed by atoms with Crippen molar-refractivity contribution in [1.29, 1.82) is 0 Å². The SMILES string of the molecule is C=CCOC(=O)Cn1c(=O)n(Cc2ncccc2N)c(=O)c2c1nc(N1CCCC(N)C1)n2CC. The van der Waals surface area contributed by atoms with Crippen LogP contribution < -0.4 is 27.6 Å². The lowest BCUT2D eigenvalue weighted by atomic mass is 10.1. The molecule has 3 aromatic rings. The molecule has 12 heteroatoms. The van der Waals surface area contributed by atoms with Crippen molar-refractivity contribution in [3.63, 3.8) is 0 Å². The van der Waals surface area contributed by atoms with Crippen LogP contribution in [0.25, 0.3) is 11.2 Å². The van der Waals surface area contributed by atoms with Gasteiger partial charge in [-0.25, -0.2) is 4.79 Å². The van der Waals surface area contributed by atoms with Crippen LogP contribution in [-0.4, -0.2) is 55.4 Å². The summed E-state index contributed by atoms with van der Waals surface area (Å²) in [5.74, 6) is -0.110. The van der Waals surface area contributed by atoms with Gasteiger partial charge < -0.3 is 25.7 Å². The van der Waals surface area contributed by atoms with Gasteiger partial charge in [0.2, 0.25) is 5.95 Å². The third kappa shape index (κ3) is 4.69. The van der Waals surface area contributed by atoms with Crippen LogP contribution in [0, 0.1) is 0 Å². The number of esters is 1. The zero-order valence-corrected chi connectivity index (χ0v) is 19.7. The molecule has 1 fully saturated rings. The van der Waals surface area contributed by atoms with Gasteiger partial charge in [-0.2, -0.15) is 4.98 Å². The number of aromatic nitrogens is 5. The van der Waals surface area contributed by atoms with Crippen LogP contribution in [0.15, 0.2) is 40.6 Å². The molecule has 4 N–H and O–H groups in total. The average molecular weight is 483 g/mol. The van der Waals surface area contributed by atoms with Crippen molar-refractivity contribution in [2.75, 3.05) is 30.3 Å². The molecular formula is C23H30N8O4. The highest BCUT2D eigenvalue weighted by atomic mass is 16.5. The lowest BCUT2D eigenvalue weighted by Gasteiger charge is -2.31. The molecule has 0 aliphatic carbocycles. The molecule has 0 amide bonds. The predicted octanol–water partition coefficient (Wildman–Crippen LogP) is 0.0618. The third-order valence-electron chi connectivity index (χ3n) is 6.03. The first-order valence-corrected chi connectivity index (χ1v) is 11.6. The van der Waals surface area contributed by atoms with E-state index in [-0.39, 0.29) is 30.4 Å². The maximum Gasteiger partial charge on any atom is 0.333 e. The summed E-state index contributed by atoms with van der Waals surface area (Å²) in [4.78, 5) is 50.6. The van der Waals surface area contributed by atoms with Gasteiger partial charge in [0.05, 0.1) is 17.9 Å². The summed E-state index contributed by atoms with van der Waals surface area (Å²) in [6.07, 6.45) is 4.76. The van der Waals surface area contributed by atoms with E-state index < -0.39 is 23.8 Å². The number of anilines is 2. The molecular weight excluding hydrogens is 452 g/mol. The number of carbonyl (C=O) groups is 1. The Bertz CT molecular complexity index is 1370. The van der Waals surface area contributed by atoms with E-state index in [1.54, 1.807) is 16.7 Å². The number of piperidine rings is 1. The van der Waals surface area contributed by atoms with Crippen molar-refractivity contribution in [2.45, 2.75) is 45.4 Å². The van der Waals surface area contributed by atoms with Crippen molar-refractivity contribution >= 4 is 28.8 Å². The molecule has 12 nitrogen and oxygen atoms in total. The number of nitrogens with two attached hydrogens (primary N) is 2. The molecule has 1 saturated heterocycles. The first kappa shape index (κ1) is 24.2. The molecule has 186 valence electrons. The van der Waals surface area contributed by atoms with E-state index in [1.807, 2.05) is 11.8 Å². The van der Waals surface area contributed by atoms with Gasteiger partial charge in [-0.05, 0) is 31.9 Å². The van der Waals surface area contributed by atoms with Crippen molar-refractivity contribution in [3.05, 3.63) is 57.5 Å². The van der Waals surface area contributed by atoms with E-state index in [9.17, 15) is 14.4 Å². The fourth-order valence-electron chi connectivity index (χ4n) is 4.35. The predicted molar refractivity (Wildman–Crippen MR) is 132 cm³/mol. The number of hydrogen-bond donors (Lipinski definition) is 2. The fraction of sp³-hybridized carbons (Fsp3) is 0.435. The van der Waals surface area contributed by atoms with Crippen LogP contribution >= 0.6 is 0 Å². The molecule has 4 heterocycles. The number of hydrogen-bond acceptors (Lipinski definition) is 9. The number of ether oxygens (including phenoxy) is 1. The highest BCUT2D eigenvalue weighted by Crippen LogP contribution is 2.23. The zero-order chi connectivity index (χ0) is 25.1. The Morgan fingerprint density at radius 3 is 2.80 bits per heavy atom. The molecule has 3 aromatic heterocycles. The lowest BCUT2D eigenvalue weighted by Crippen LogP contribution is -2.44. The monoisotopic (exact) mass is 482 g/mol. The topological polar surface area (TPSA) is 156 Å². The molecule has 1 atom stereocenters. The van der Waals surface area contributed by atoms with Crippen LogP contribution in [0.3, 0.4) is 0 Å². The molecule has 0 aromatic carbocycles. The molecule has 0 saturated carbocycles. The molecule has 1 aliphatic heterocycles. The minimum Gasteiger partial charge on any atom is -0.460 e. The molecule has 0 radical (unpaired) electrons. The van der Waals surface area contributed by atoms with Gasteiger partial charge in [0.15, 0.2) is 11.2 Å². The van der Waals surface area contributed by atoms with Crippen LogP contribution in [0.1, 0.15) is 25.5 Å². The third-order valence-corrected chi connectivity index (χ3v) is 6.03. The highest BCUT2D eigenvalue weighted by Gasteiger charge is 2.27. The van der Waals surface area contributed by atoms with E-state index in [0.717, 1.165) is 24.0 Å². The maximum absolute atomic E-state index is 13.7. The average Bonchev–Trinajstić information content (AvgIpc) is 3.24. The maximum atomic E-state index is 13.7. The summed E-state index contributed by atoms with van der Waals surface area (Å²) in [5.41, 5.74) is 12.0. The van der Waals surface area contributed by atoms with Crippen LogP contribution in [0.2, 0.25) is 0 Å². The van der Waals surface area contributed by atoms with E-state index in [0.29, 0.717) is 30.4 Å².